The number of methoxy groups -OCH3 is 1. The summed E-state index contributed by atoms with van der Waals surface area (Å²) in [6.07, 6.45) is 0. The van der Waals surface area contributed by atoms with Gasteiger partial charge in [0.05, 0.1) is 12.8 Å². The Labute approximate surface area is 121 Å². The van der Waals surface area contributed by atoms with Crippen molar-refractivity contribution >= 4 is 11.6 Å². The fourth-order valence-electron chi connectivity index (χ4n) is 1.91. The predicted molar refractivity (Wildman–Crippen MR) is 78.6 cm³/mol. The number of nitrogens with one attached hydrogen (secondary N) is 1. The Kier molecular flexibility index (Phi) is 4.18. The van der Waals surface area contributed by atoms with Crippen molar-refractivity contribution in [3.8, 4) is 17.2 Å². The van der Waals surface area contributed by atoms with Gasteiger partial charge in [0.25, 0.3) is 0 Å². The molecule has 2 rings (SSSR count). The quantitative estimate of drug-likeness (QED) is 0.628. The molecule has 2 aromatic carbocycles. The molecule has 1 amide bonds. The molecule has 110 valence electrons. The number of hydrogen-bond donors (Lipinski definition) is 4. The molecule has 0 radical (unpaired) electrons. The van der Waals surface area contributed by atoms with E-state index in [1.165, 1.54) is 13.2 Å². The summed E-state index contributed by atoms with van der Waals surface area (Å²) in [4.78, 5) is 11.2. The van der Waals surface area contributed by atoms with Crippen molar-refractivity contribution in [2.24, 2.45) is 5.73 Å². The Morgan fingerprint density at radius 1 is 1.29 bits per heavy atom. The maximum Gasteiger partial charge on any atom is 0.248 e. The van der Waals surface area contributed by atoms with E-state index in [1.54, 1.807) is 30.3 Å². The first-order chi connectivity index (χ1) is 10.0. The lowest BCUT2D eigenvalue weighted by Gasteiger charge is -2.13. The van der Waals surface area contributed by atoms with Gasteiger partial charge in [0.1, 0.15) is 5.75 Å². The molecular formula is C15H16N2O4. The summed E-state index contributed by atoms with van der Waals surface area (Å²) in [5.74, 6) is -0.372. The van der Waals surface area contributed by atoms with E-state index < -0.39 is 5.91 Å². The van der Waals surface area contributed by atoms with Crippen LogP contribution in [-0.4, -0.2) is 23.2 Å². The Bertz CT molecular complexity index is 671. The minimum Gasteiger partial charge on any atom is -0.504 e. The summed E-state index contributed by atoms with van der Waals surface area (Å²) in [5, 5.41) is 22.2. The topological polar surface area (TPSA) is 105 Å². The number of rotatable bonds is 5. The first kappa shape index (κ1) is 14.5. The van der Waals surface area contributed by atoms with Gasteiger partial charge >= 0.3 is 0 Å². The first-order valence-corrected chi connectivity index (χ1v) is 6.24. The zero-order valence-electron chi connectivity index (χ0n) is 11.5. The highest BCUT2D eigenvalue weighted by Gasteiger charge is 2.10. The minimum absolute atomic E-state index is 0.185. The fraction of sp³-hybridized carbons (Fsp3) is 0.133. The van der Waals surface area contributed by atoms with Crippen LogP contribution < -0.4 is 15.8 Å². The van der Waals surface area contributed by atoms with Crippen molar-refractivity contribution < 1.29 is 19.7 Å². The number of benzene rings is 2. The molecule has 2 aromatic rings. The second-order valence-corrected chi connectivity index (χ2v) is 4.42. The molecule has 0 aromatic heterocycles. The predicted octanol–water partition coefficient (Wildman–Crippen LogP) is 1.82. The molecule has 0 spiro atoms. The molecule has 0 saturated heterocycles. The lowest BCUT2D eigenvalue weighted by atomic mass is 10.1. The zero-order valence-corrected chi connectivity index (χ0v) is 11.5. The number of phenols is 2. The van der Waals surface area contributed by atoms with E-state index in [2.05, 4.69) is 5.32 Å². The van der Waals surface area contributed by atoms with Crippen LogP contribution in [0.5, 0.6) is 17.2 Å². The van der Waals surface area contributed by atoms with Crippen LogP contribution in [0.4, 0.5) is 5.69 Å². The third-order valence-corrected chi connectivity index (χ3v) is 3.05. The van der Waals surface area contributed by atoms with Crippen LogP contribution in [-0.2, 0) is 6.54 Å². The Balaban J connectivity index is 2.24. The highest BCUT2D eigenvalue weighted by molar-refractivity contribution is 5.94. The second kappa shape index (κ2) is 6.04. The van der Waals surface area contributed by atoms with E-state index in [1.807, 2.05) is 0 Å². The van der Waals surface area contributed by atoms with Crippen molar-refractivity contribution in [1.82, 2.24) is 0 Å². The van der Waals surface area contributed by atoms with E-state index in [0.29, 0.717) is 22.6 Å². The molecule has 0 bridgehead atoms. The summed E-state index contributed by atoms with van der Waals surface area (Å²) >= 11 is 0. The minimum atomic E-state index is -0.541. The second-order valence-electron chi connectivity index (χ2n) is 4.42. The van der Waals surface area contributed by atoms with Crippen molar-refractivity contribution in [3.63, 3.8) is 0 Å². The Morgan fingerprint density at radius 2 is 2.05 bits per heavy atom. The molecule has 0 atom stereocenters. The van der Waals surface area contributed by atoms with E-state index in [-0.39, 0.29) is 18.0 Å². The van der Waals surface area contributed by atoms with Gasteiger partial charge in [-0.25, -0.2) is 0 Å². The molecule has 5 N–H and O–H groups in total. The molecule has 21 heavy (non-hydrogen) atoms. The van der Waals surface area contributed by atoms with E-state index in [4.69, 9.17) is 10.5 Å². The van der Waals surface area contributed by atoms with Gasteiger partial charge in [-0.1, -0.05) is 12.1 Å². The van der Waals surface area contributed by atoms with Gasteiger partial charge in [-0.2, -0.15) is 0 Å². The molecule has 0 aliphatic heterocycles. The molecule has 0 fully saturated rings. The highest BCUT2D eigenvalue weighted by atomic mass is 16.5. The average molecular weight is 288 g/mol. The molecular weight excluding hydrogens is 272 g/mol. The van der Waals surface area contributed by atoms with E-state index in [9.17, 15) is 15.0 Å². The van der Waals surface area contributed by atoms with Gasteiger partial charge < -0.3 is 26.0 Å². The van der Waals surface area contributed by atoms with Crippen molar-refractivity contribution in [1.29, 1.82) is 0 Å². The van der Waals surface area contributed by atoms with Crippen molar-refractivity contribution in [2.45, 2.75) is 6.54 Å². The molecule has 6 heteroatoms. The van der Waals surface area contributed by atoms with E-state index >= 15 is 0 Å². The molecule has 6 nitrogen and oxygen atoms in total. The number of carbonyl (C=O) groups excluding carboxylic acids is 1. The summed E-state index contributed by atoms with van der Waals surface area (Å²) in [6.45, 7) is 0.249. The van der Waals surface area contributed by atoms with Crippen LogP contribution in [0.15, 0.2) is 36.4 Å². The Morgan fingerprint density at radius 3 is 2.71 bits per heavy atom. The third kappa shape index (κ3) is 3.17. The number of carbonyl (C=O) groups is 1. The van der Waals surface area contributed by atoms with Crippen LogP contribution in [0.2, 0.25) is 0 Å². The maximum atomic E-state index is 11.2. The van der Waals surface area contributed by atoms with E-state index in [0.717, 1.165) is 0 Å². The number of amides is 1. The third-order valence-electron chi connectivity index (χ3n) is 3.05. The van der Waals surface area contributed by atoms with Gasteiger partial charge in [0.15, 0.2) is 11.5 Å². The van der Waals surface area contributed by atoms with Crippen LogP contribution in [0.25, 0.3) is 0 Å². The number of ether oxygens (including phenoxy) is 1. The molecule has 0 heterocycles. The molecule has 0 saturated carbocycles. The number of para-hydroxylation sites is 1. The number of phenolic OH excluding ortho intramolecular Hbond substituents is 2. The van der Waals surface area contributed by atoms with Crippen molar-refractivity contribution in [3.05, 3.63) is 47.5 Å². The first-order valence-electron chi connectivity index (χ1n) is 6.24. The number of anilines is 1. The van der Waals surface area contributed by atoms with Gasteiger partial charge in [-0.05, 0) is 24.3 Å². The smallest absolute Gasteiger partial charge is 0.248 e. The summed E-state index contributed by atoms with van der Waals surface area (Å²) < 4.78 is 5.20. The van der Waals surface area contributed by atoms with Gasteiger partial charge in [-0.3, -0.25) is 4.79 Å². The normalized spacial score (nSPS) is 10.1. The summed E-state index contributed by atoms with van der Waals surface area (Å²) in [5.41, 5.74) is 6.67. The zero-order chi connectivity index (χ0) is 15.4. The lowest BCUT2D eigenvalue weighted by Crippen LogP contribution is -2.11. The molecule has 0 aliphatic rings. The van der Waals surface area contributed by atoms with Gasteiger partial charge in [0.2, 0.25) is 5.91 Å². The highest BCUT2D eigenvalue weighted by Crippen LogP contribution is 2.30. The molecule has 0 unspecified atom stereocenters. The largest absolute Gasteiger partial charge is 0.504 e. The SMILES string of the molecule is COc1ccc(C(N)=O)cc1NCc1cccc(O)c1O. The standard InChI is InChI=1S/C15H16N2O4/c1-21-13-6-5-9(15(16)20)7-11(13)17-8-10-3-2-4-12(18)14(10)19/h2-7,17-19H,8H2,1H3,(H2,16,20). The van der Waals surface area contributed by atoms with Crippen LogP contribution >= 0.6 is 0 Å². The number of primary amides is 1. The van der Waals surface area contributed by atoms with Crippen molar-refractivity contribution in [2.75, 3.05) is 12.4 Å². The van der Waals surface area contributed by atoms with Crippen LogP contribution in [0.3, 0.4) is 0 Å². The number of nitrogens with two attached hydrogens (primary N) is 1. The summed E-state index contributed by atoms with van der Waals surface area (Å²) in [6, 6.07) is 9.46. The van der Waals surface area contributed by atoms with Crippen LogP contribution in [0.1, 0.15) is 15.9 Å². The molecule has 0 aliphatic carbocycles. The monoisotopic (exact) mass is 288 g/mol. The van der Waals surface area contributed by atoms with Gasteiger partial charge in [-0.15, -0.1) is 0 Å². The fourth-order valence-corrected chi connectivity index (χ4v) is 1.91. The number of aromatic hydroxyl groups is 2. The number of hydrogen-bond acceptors (Lipinski definition) is 5. The van der Waals surface area contributed by atoms with Crippen LogP contribution in [0, 0.1) is 0 Å². The Hall–Kier alpha value is -2.89. The lowest BCUT2D eigenvalue weighted by molar-refractivity contribution is 0.100. The maximum absolute atomic E-state index is 11.2. The van der Waals surface area contributed by atoms with Gasteiger partial charge in [0, 0.05) is 17.7 Å². The summed E-state index contributed by atoms with van der Waals surface area (Å²) in [7, 11) is 1.51. The average Bonchev–Trinajstić information content (AvgIpc) is 2.48.